The number of nitrogens with one attached hydrogen (secondary N) is 1. The number of aromatic nitrogens is 3. The first-order valence-corrected chi connectivity index (χ1v) is 10.7. The number of guanidine groups is 1. The van der Waals surface area contributed by atoms with Crippen molar-refractivity contribution in [2.24, 2.45) is 12.0 Å². The Kier molecular flexibility index (Phi) is 7.63. The van der Waals surface area contributed by atoms with Gasteiger partial charge in [-0.25, -0.2) is 4.99 Å². The Balaban J connectivity index is 1.59. The van der Waals surface area contributed by atoms with Crippen molar-refractivity contribution < 1.29 is 0 Å². The van der Waals surface area contributed by atoms with Crippen molar-refractivity contribution in [2.45, 2.75) is 46.7 Å². The molecule has 29 heavy (non-hydrogen) atoms. The normalized spacial score (nSPS) is 15.7. The van der Waals surface area contributed by atoms with Crippen molar-refractivity contribution >= 4 is 5.96 Å². The smallest absolute Gasteiger partial charge is 0.194 e. The highest BCUT2D eigenvalue weighted by Crippen LogP contribution is 2.11. The highest BCUT2D eigenvalue weighted by Gasteiger charge is 2.20. The summed E-state index contributed by atoms with van der Waals surface area (Å²) in [5.74, 6) is 2.81. The van der Waals surface area contributed by atoms with Crippen LogP contribution in [0.25, 0.3) is 0 Å². The molecule has 0 unspecified atom stereocenters. The van der Waals surface area contributed by atoms with E-state index in [1.54, 1.807) is 0 Å². The average molecular weight is 398 g/mol. The Hall–Kier alpha value is -2.41. The van der Waals surface area contributed by atoms with E-state index in [1.165, 1.54) is 17.5 Å². The second-order valence-corrected chi connectivity index (χ2v) is 7.89. The first-order chi connectivity index (χ1) is 14.1. The number of hydrogen-bond acceptors (Lipinski definition) is 4. The molecule has 2 aromatic rings. The lowest BCUT2D eigenvalue weighted by Gasteiger charge is -2.36. The van der Waals surface area contributed by atoms with Crippen molar-refractivity contribution in [3.05, 3.63) is 47.0 Å². The van der Waals surface area contributed by atoms with E-state index < -0.39 is 0 Å². The Morgan fingerprint density at radius 3 is 2.59 bits per heavy atom. The van der Waals surface area contributed by atoms with E-state index in [1.807, 2.05) is 18.5 Å². The summed E-state index contributed by atoms with van der Waals surface area (Å²) in [5, 5.41) is 11.9. The minimum atomic E-state index is 0.551. The number of aliphatic imine (C=N–C) groups is 1. The van der Waals surface area contributed by atoms with Crippen molar-refractivity contribution in [2.75, 3.05) is 32.7 Å². The molecular formula is C22H35N7. The predicted molar refractivity (Wildman–Crippen MR) is 118 cm³/mol. The molecule has 3 rings (SSSR count). The number of aryl methyl sites for hydroxylation is 2. The summed E-state index contributed by atoms with van der Waals surface area (Å²) >= 11 is 0. The quantitative estimate of drug-likeness (QED) is 0.442. The minimum Gasteiger partial charge on any atom is -0.356 e. The zero-order valence-electron chi connectivity index (χ0n) is 18.4. The summed E-state index contributed by atoms with van der Waals surface area (Å²) in [7, 11) is 1.99. The van der Waals surface area contributed by atoms with Gasteiger partial charge in [-0.3, -0.25) is 4.90 Å². The summed E-state index contributed by atoms with van der Waals surface area (Å²) in [5.41, 5.74) is 2.72. The van der Waals surface area contributed by atoms with E-state index in [4.69, 9.17) is 4.99 Å². The second-order valence-electron chi connectivity index (χ2n) is 7.89. The molecule has 2 heterocycles. The third-order valence-corrected chi connectivity index (χ3v) is 5.53. The van der Waals surface area contributed by atoms with Gasteiger partial charge in [0.05, 0.1) is 0 Å². The summed E-state index contributed by atoms with van der Waals surface area (Å²) in [6, 6.07) is 8.82. The van der Waals surface area contributed by atoms with Crippen LogP contribution in [0.5, 0.6) is 0 Å². The fourth-order valence-electron chi connectivity index (χ4n) is 3.57. The minimum absolute atomic E-state index is 0.551. The van der Waals surface area contributed by atoms with Crippen molar-refractivity contribution in [3.8, 4) is 0 Å². The highest BCUT2D eigenvalue weighted by molar-refractivity contribution is 5.80. The predicted octanol–water partition coefficient (Wildman–Crippen LogP) is 2.50. The monoisotopic (exact) mass is 397 g/mol. The zero-order chi connectivity index (χ0) is 20.6. The maximum Gasteiger partial charge on any atom is 0.194 e. The molecule has 0 aliphatic carbocycles. The SMILES string of the molecule is CCCCNC(=NCc1nnc(C)n1C)N1CCN(Cc2cccc(C)c2)CC1. The lowest BCUT2D eigenvalue weighted by Crippen LogP contribution is -2.52. The molecule has 0 bridgehead atoms. The van der Waals surface area contributed by atoms with Gasteiger partial charge in [0.2, 0.25) is 0 Å². The Labute approximate surface area is 174 Å². The van der Waals surface area contributed by atoms with Crippen LogP contribution < -0.4 is 5.32 Å². The lowest BCUT2D eigenvalue weighted by atomic mass is 10.1. The molecule has 1 saturated heterocycles. The molecule has 1 aliphatic heterocycles. The van der Waals surface area contributed by atoms with E-state index >= 15 is 0 Å². The van der Waals surface area contributed by atoms with Gasteiger partial charge in [0.15, 0.2) is 11.8 Å². The first-order valence-electron chi connectivity index (χ1n) is 10.7. The van der Waals surface area contributed by atoms with E-state index in [-0.39, 0.29) is 0 Å². The average Bonchev–Trinajstić information content (AvgIpc) is 3.03. The van der Waals surface area contributed by atoms with Gasteiger partial charge in [0, 0.05) is 46.3 Å². The Morgan fingerprint density at radius 1 is 1.14 bits per heavy atom. The summed E-state index contributed by atoms with van der Waals surface area (Å²) < 4.78 is 2.01. The van der Waals surface area contributed by atoms with Crippen molar-refractivity contribution in [1.82, 2.24) is 29.9 Å². The fourth-order valence-corrected chi connectivity index (χ4v) is 3.57. The second kappa shape index (κ2) is 10.4. The maximum atomic E-state index is 4.87. The largest absolute Gasteiger partial charge is 0.356 e. The van der Waals surface area contributed by atoms with Gasteiger partial charge < -0.3 is 14.8 Å². The molecule has 7 heteroatoms. The van der Waals surface area contributed by atoms with Gasteiger partial charge in [-0.15, -0.1) is 10.2 Å². The molecule has 0 spiro atoms. The number of nitrogens with zero attached hydrogens (tertiary/aromatic N) is 6. The van der Waals surface area contributed by atoms with E-state index in [2.05, 4.69) is 63.4 Å². The Morgan fingerprint density at radius 2 is 1.93 bits per heavy atom. The summed E-state index contributed by atoms with van der Waals surface area (Å²) in [6.45, 7) is 12.9. The number of hydrogen-bond donors (Lipinski definition) is 1. The molecule has 0 amide bonds. The van der Waals surface area contributed by atoms with Gasteiger partial charge in [0.25, 0.3) is 0 Å². The van der Waals surface area contributed by atoms with Gasteiger partial charge >= 0.3 is 0 Å². The van der Waals surface area contributed by atoms with Crippen molar-refractivity contribution in [1.29, 1.82) is 0 Å². The molecular weight excluding hydrogens is 362 g/mol. The standard InChI is InChI=1S/C22H35N7/c1-5-6-10-23-22(24-16-21-26-25-19(3)27(21)4)29-13-11-28(12-14-29)17-20-9-7-8-18(2)15-20/h7-9,15H,5-6,10-14,16-17H2,1-4H3,(H,23,24). The van der Waals surface area contributed by atoms with Crippen LogP contribution in [-0.2, 0) is 20.1 Å². The van der Waals surface area contributed by atoms with E-state index in [0.717, 1.165) is 63.3 Å². The molecule has 1 aromatic carbocycles. The molecule has 1 N–H and O–H groups in total. The molecule has 0 atom stereocenters. The van der Waals surface area contributed by atoms with E-state index in [9.17, 15) is 0 Å². The third kappa shape index (κ3) is 6.03. The molecule has 158 valence electrons. The molecule has 1 aromatic heterocycles. The molecule has 0 radical (unpaired) electrons. The zero-order valence-corrected chi connectivity index (χ0v) is 18.4. The van der Waals surface area contributed by atoms with Gasteiger partial charge in [-0.1, -0.05) is 43.2 Å². The van der Waals surface area contributed by atoms with Gasteiger partial charge in [-0.2, -0.15) is 0 Å². The molecule has 1 aliphatic rings. The van der Waals surface area contributed by atoms with Crippen LogP contribution in [0.1, 0.15) is 42.5 Å². The number of unbranched alkanes of at least 4 members (excludes halogenated alkanes) is 1. The summed E-state index contributed by atoms with van der Waals surface area (Å²) in [4.78, 5) is 9.78. The summed E-state index contributed by atoms with van der Waals surface area (Å²) in [6.07, 6.45) is 2.32. The molecule has 7 nitrogen and oxygen atoms in total. The number of piperazine rings is 1. The van der Waals surface area contributed by atoms with Crippen LogP contribution in [0.15, 0.2) is 29.3 Å². The topological polar surface area (TPSA) is 61.6 Å². The third-order valence-electron chi connectivity index (χ3n) is 5.53. The van der Waals surface area contributed by atoms with Gasteiger partial charge in [0.1, 0.15) is 12.4 Å². The lowest BCUT2D eigenvalue weighted by molar-refractivity contribution is 0.172. The maximum absolute atomic E-state index is 4.87. The number of benzene rings is 1. The first kappa shape index (κ1) is 21.3. The van der Waals surface area contributed by atoms with Crippen LogP contribution in [0.3, 0.4) is 0 Å². The van der Waals surface area contributed by atoms with Crippen LogP contribution in [0.4, 0.5) is 0 Å². The molecule has 1 fully saturated rings. The van der Waals surface area contributed by atoms with Crippen LogP contribution in [0, 0.1) is 13.8 Å². The fraction of sp³-hybridized carbons (Fsp3) is 0.591. The van der Waals surface area contributed by atoms with Crippen molar-refractivity contribution in [3.63, 3.8) is 0 Å². The van der Waals surface area contributed by atoms with Gasteiger partial charge in [-0.05, 0) is 25.8 Å². The van der Waals surface area contributed by atoms with E-state index in [0.29, 0.717) is 6.54 Å². The molecule has 0 saturated carbocycles. The highest BCUT2D eigenvalue weighted by atomic mass is 15.4. The van der Waals surface area contributed by atoms with Crippen LogP contribution in [0.2, 0.25) is 0 Å². The van der Waals surface area contributed by atoms with Crippen LogP contribution >= 0.6 is 0 Å². The Bertz CT molecular complexity index is 803. The van der Waals surface area contributed by atoms with Crippen LogP contribution in [-0.4, -0.2) is 63.2 Å². The number of rotatable bonds is 7.